The van der Waals surface area contributed by atoms with Crippen LogP contribution in [-0.4, -0.2) is 24.5 Å². The maximum absolute atomic E-state index is 11.5. The number of likely N-dealkylation sites (tertiary alicyclic amines) is 1. The van der Waals surface area contributed by atoms with Gasteiger partial charge in [-0.15, -0.1) is 0 Å². The van der Waals surface area contributed by atoms with Gasteiger partial charge in [-0.1, -0.05) is 45.7 Å². The Balaban J connectivity index is 2.06. The van der Waals surface area contributed by atoms with Crippen LogP contribution in [0.25, 0.3) is 0 Å². The summed E-state index contributed by atoms with van der Waals surface area (Å²) in [5.41, 5.74) is 2.22. The van der Waals surface area contributed by atoms with Crippen molar-refractivity contribution in [2.75, 3.05) is 13.6 Å². The molecular weight excluding hydrogens is 390 g/mol. The Morgan fingerprint density at radius 2 is 2.00 bits per heavy atom. The largest absolute Gasteiger partial charge is 0.426 e. The molecule has 0 bridgehead atoms. The zero-order valence-corrected chi connectivity index (χ0v) is 16.0. The molecule has 0 unspecified atom stereocenters. The molecule has 1 fully saturated rings. The lowest BCUT2D eigenvalue weighted by Crippen LogP contribution is -2.21. The van der Waals surface area contributed by atoms with Crippen molar-refractivity contribution in [3.8, 4) is 5.75 Å². The molecule has 2 aromatic carbocycles. The first kappa shape index (κ1) is 17.5. The number of hydrogen-bond donors (Lipinski definition) is 0. The zero-order valence-electron chi connectivity index (χ0n) is 13.6. The first-order valence-corrected chi connectivity index (χ1v) is 9.07. The van der Waals surface area contributed by atoms with Gasteiger partial charge in [0, 0.05) is 33.9 Å². The number of carbonyl (C=O) groups is 1. The van der Waals surface area contributed by atoms with Crippen LogP contribution in [0, 0.1) is 0 Å². The number of carbonyl (C=O) groups excluding carboxylic acids is 1. The predicted octanol–water partition coefficient (Wildman–Crippen LogP) is 5.19. The smallest absolute Gasteiger partial charge is 0.308 e. The maximum Gasteiger partial charge on any atom is 0.308 e. The molecule has 24 heavy (non-hydrogen) atoms. The summed E-state index contributed by atoms with van der Waals surface area (Å²) in [6, 6.07) is 13.9. The van der Waals surface area contributed by atoms with Crippen LogP contribution in [0.1, 0.15) is 36.4 Å². The van der Waals surface area contributed by atoms with Crippen LogP contribution in [0.15, 0.2) is 46.9 Å². The van der Waals surface area contributed by atoms with Crippen molar-refractivity contribution < 1.29 is 9.53 Å². The van der Waals surface area contributed by atoms with Gasteiger partial charge < -0.3 is 4.74 Å². The number of likely N-dealkylation sites (N-methyl/N-ethyl adjacent to an activating group) is 1. The van der Waals surface area contributed by atoms with Gasteiger partial charge in [-0.05, 0) is 49.8 Å². The van der Waals surface area contributed by atoms with E-state index < -0.39 is 0 Å². The molecule has 1 saturated heterocycles. The molecule has 2 atom stereocenters. The first-order valence-electron chi connectivity index (χ1n) is 7.90. The Kier molecular flexibility index (Phi) is 5.28. The fourth-order valence-electron chi connectivity index (χ4n) is 3.50. The Hall–Kier alpha value is -1.36. The summed E-state index contributed by atoms with van der Waals surface area (Å²) in [7, 11) is 2.13. The van der Waals surface area contributed by atoms with Crippen molar-refractivity contribution in [3.63, 3.8) is 0 Å². The quantitative estimate of drug-likeness (QED) is 0.517. The van der Waals surface area contributed by atoms with Crippen molar-refractivity contribution in [1.82, 2.24) is 4.90 Å². The lowest BCUT2D eigenvalue weighted by Gasteiger charge is -2.27. The molecule has 5 heteroatoms. The van der Waals surface area contributed by atoms with E-state index in [0.717, 1.165) is 23.0 Å². The SMILES string of the molecule is CC(=O)Oc1ccc(Cl)cc1[C@@H]1CCN(C)[C@H]1c1ccccc1Br. The van der Waals surface area contributed by atoms with Crippen molar-refractivity contribution >= 4 is 33.5 Å². The second kappa shape index (κ2) is 7.26. The van der Waals surface area contributed by atoms with E-state index in [9.17, 15) is 4.79 Å². The molecular formula is C19H19BrClNO2. The third kappa shape index (κ3) is 3.51. The van der Waals surface area contributed by atoms with Crippen molar-refractivity contribution in [2.24, 2.45) is 0 Å². The lowest BCUT2D eigenvalue weighted by atomic mass is 9.87. The second-order valence-corrected chi connectivity index (χ2v) is 7.41. The minimum absolute atomic E-state index is 0.202. The van der Waals surface area contributed by atoms with Gasteiger partial charge in [0.25, 0.3) is 0 Å². The van der Waals surface area contributed by atoms with Crippen LogP contribution in [0.4, 0.5) is 0 Å². The van der Waals surface area contributed by atoms with Crippen LogP contribution >= 0.6 is 27.5 Å². The average molecular weight is 409 g/mol. The van der Waals surface area contributed by atoms with E-state index in [1.807, 2.05) is 18.2 Å². The second-order valence-electron chi connectivity index (χ2n) is 6.12. The third-order valence-electron chi connectivity index (χ3n) is 4.50. The number of benzene rings is 2. The van der Waals surface area contributed by atoms with Crippen molar-refractivity contribution in [2.45, 2.75) is 25.3 Å². The molecule has 0 aliphatic carbocycles. The number of hydrogen-bond acceptors (Lipinski definition) is 3. The summed E-state index contributed by atoms with van der Waals surface area (Å²) in [5.74, 6) is 0.494. The third-order valence-corrected chi connectivity index (χ3v) is 5.45. The van der Waals surface area contributed by atoms with Gasteiger partial charge in [0.1, 0.15) is 5.75 Å². The van der Waals surface area contributed by atoms with Gasteiger partial charge in [-0.25, -0.2) is 0 Å². The molecule has 1 aliphatic heterocycles. The van der Waals surface area contributed by atoms with Gasteiger partial charge in [0.15, 0.2) is 0 Å². The highest BCUT2D eigenvalue weighted by molar-refractivity contribution is 9.10. The van der Waals surface area contributed by atoms with Crippen molar-refractivity contribution in [3.05, 3.63) is 63.1 Å². The normalized spacial score (nSPS) is 21.0. The fourth-order valence-corrected chi connectivity index (χ4v) is 4.20. The average Bonchev–Trinajstić information content (AvgIpc) is 2.91. The van der Waals surface area contributed by atoms with E-state index in [4.69, 9.17) is 16.3 Å². The van der Waals surface area contributed by atoms with Gasteiger partial charge >= 0.3 is 5.97 Å². The summed E-state index contributed by atoms with van der Waals surface area (Å²) in [6.45, 7) is 2.40. The molecule has 0 N–H and O–H groups in total. The molecule has 0 aromatic heterocycles. The van der Waals surface area contributed by atoms with Crippen LogP contribution in [-0.2, 0) is 4.79 Å². The standard InChI is InChI=1S/C19H19BrClNO2/c1-12(23)24-18-8-7-13(21)11-16(18)14-9-10-22(2)19(14)15-5-3-4-6-17(15)20/h3-8,11,14,19H,9-10H2,1-2H3/t14-,19+/m0/s1. The number of ether oxygens (including phenoxy) is 1. The van der Waals surface area contributed by atoms with Gasteiger partial charge in [-0.3, -0.25) is 9.69 Å². The van der Waals surface area contributed by atoms with E-state index in [-0.39, 0.29) is 17.9 Å². The molecule has 2 aromatic rings. The molecule has 1 aliphatic rings. The molecule has 3 nitrogen and oxygen atoms in total. The minimum atomic E-state index is -0.317. The highest BCUT2D eigenvalue weighted by Crippen LogP contribution is 2.47. The topological polar surface area (TPSA) is 29.5 Å². The van der Waals surface area contributed by atoms with Crippen LogP contribution < -0.4 is 4.74 Å². The van der Waals surface area contributed by atoms with Gasteiger partial charge in [0.05, 0.1) is 0 Å². The Labute approximate surface area is 155 Å². The van der Waals surface area contributed by atoms with E-state index in [2.05, 4.69) is 40.0 Å². The zero-order chi connectivity index (χ0) is 17.3. The predicted molar refractivity (Wildman–Crippen MR) is 99.6 cm³/mol. The Morgan fingerprint density at radius 3 is 2.71 bits per heavy atom. The van der Waals surface area contributed by atoms with Crippen LogP contribution in [0.5, 0.6) is 5.75 Å². The lowest BCUT2D eigenvalue weighted by molar-refractivity contribution is -0.131. The molecule has 1 heterocycles. The molecule has 0 saturated carbocycles. The van der Waals surface area contributed by atoms with Crippen LogP contribution in [0.2, 0.25) is 5.02 Å². The minimum Gasteiger partial charge on any atom is -0.426 e. The van der Waals surface area contributed by atoms with E-state index in [1.165, 1.54) is 12.5 Å². The molecule has 126 valence electrons. The van der Waals surface area contributed by atoms with Gasteiger partial charge in [-0.2, -0.15) is 0 Å². The summed E-state index contributed by atoms with van der Waals surface area (Å²) in [4.78, 5) is 13.8. The van der Waals surface area contributed by atoms with Gasteiger partial charge in [0.2, 0.25) is 0 Å². The molecule has 0 spiro atoms. The molecule has 3 rings (SSSR count). The summed E-state index contributed by atoms with van der Waals surface area (Å²) in [5, 5.41) is 0.654. The molecule has 0 radical (unpaired) electrons. The first-order chi connectivity index (χ1) is 11.5. The molecule has 0 amide bonds. The Morgan fingerprint density at radius 1 is 1.25 bits per heavy atom. The summed E-state index contributed by atoms with van der Waals surface area (Å²) >= 11 is 9.90. The maximum atomic E-state index is 11.5. The number of rotatable bonds is 3. The van der Waals surface area contributed by atoms with E-state index in [0.29, 0.717) is 10.8 Å². The summed E-state index contributed by atoms with van der Waals surface area (Å²) in [6.07, 6.45) is 0.983. The van der Waals surface area contributed by atoms with E-state index >= 15 is 0 Å². The highest BCUT2D eigenvalue weighted by atomic mass is 79.9. The monoisotopic (exact) mass is 407 g/mol. The fraction of sp³-hybridized carbons (Fsp3) is 0.316. The Bertz CT molecular complexity index is 765. The van der Waals surface area contributed by atoms with Crippen molar-refractivity contribution in [1.29, 1.82) is 0 Å². The highest BCUT2D eigenvalue weighted by Gasteiger charge is 2.36. The number of esters is 1. The number of nitrogens with zero attached hydrogens (tertiary/aromatic N) is 1. The van der Waals surface area contributed by atoms with Crippen LogP contribution in [0.3, 0.4) is 0 Å². The summed E-state index contributed by atoms with van der Waals surface area (Å²) < 4.78 is 6.52. The number of halogens is 2. The van der Waals surface area contributed by atoms with E-state index in [1.54, 1.807) is 12.1 Å².